The van der Waals surface area contributed by atoms with Crippen molar-refractivity contribution in [3.05, 3.63) is 12.2 Å². The molecule has 0 aromatic heterocycles. The Morgan fingerprint density at radius 2 is 2.21 bits per heavy atom. The summed E-state index contributed by atoms with van der Waals surface area (Å²) in [5.41, 5.74) is 0. The first kappa shape index (κ1) is 11.5. The fourth-order valence-electron chi connectivity index (χ4n) is 0.464. The molecular weight excluding hydrogens is 323 g/mol. The van der Waals surface area contributed by atoms with Crippen LogP contribution in [0.15, 0.2) is 12.2 Å². The van der Waals surface area contributed by atoms with Gasteiger partial charge < -0.3 is 0 Å². The van der Waals surface area contributed by atoms with Gasteiger partial charge in [0.1, 0.15) is 0 Å². The van der Waals surface area contributed by atoms with Gasteiger partial charge in [0, 0.05) is 0 Å². The van der Waals surface area contributed by atoms with Crippen molar-refractivity contribution in [3.63, 3.8) is 0 Å². The summed E-state index contributed by atoms with van der Waals surface area (Å²) in [6.45, 7) is 1.38. The summed E-state index contributed by atoms with van der Waals surface area (Å²) in [5.74, 6) is -2.15. The average Bonchev–Trinajstić information content (AvgIpc) is 2.15. The minimum absolute atomic E-state index is 0.394. The molecule has 0 aliphatic carbocycles. The van der Waals surface area contributed by atoms with Crippen molar-refractivity contribution in [2.45, 2.75) is 13.0 Å². The SMILES string of the molecule is [3H][I-]SC(=O)[C@H](C)OC(=O)/C=C/C(=O)O. The van der Waals surface area contributed by atoms with Crippen LogP contribution in [0.3, 0.4) is 0 Å². The molecule has 7 heteroatoms. The number of ether oxygens (including phenoxy) is 1. The molecule has 0 fully saturated rings. The second-order valence-electron chi connectivity index (χ2n) is 2.15. The molecule has 0 radical (unpaired) electrons. The van der Waals surface area contributed by atoms with E-state index in [-0.39, 0.29) is 0 Å². The van der Waals surface area contributed by atoms with Gasteiger partial charge in [0.15, 0.2) is 0 Å². The molecule has 0 aromatic rings. The van der Waals surface area contributed by atoms with E-state index in [1.807, 2.05) is 0 Å². The monoisotopic (exact) mass is 333 g/mol. The number of esters is 1. The topological polar surface area (TPSA) is 80.7 Å². The maximum absolute atomic E-state index is 11.1. The van der Waals surface area contributed by atoms with Gasteiger partial charge in [-0.15, -0.1) is 0 Å². The van der Waals surface area contributed by atoms with Gasteiger partial charge in [0.2, 0.25) is 0 Å². The van der Waals surface area contributed by atoms with E-state index in [1.54, 1.807) is 0 Å². The van der Waals surface area contributed by atoms with Crippen LogP contribution >= 0.6 is 8.93 Å². The van der Waals surface area contributed by atoms with E-state index in [9.17, 15) is 14.4 Å². The number of carbonyl (C=O) groups is 3. The van der Waals surface area contributed by atoms with Gasteiger partial charge in [0.25, 0.3) is 0 Å². The number of carbonyl (C=O) groups excluding carboxylic acids is 2. The zero-order chi connectivity index (χ0) is 11.8. The molecule has 0 saturated carbocycles. The Hall–Kier alpha value is -0.570. The molecule has 0 spiro atoms. The molecule has 0 heterocycles. The van der Waals surface area contributed by atoms with Crippen LogP contribution in [0.5, 0.6) is 0 Å². The molecule has 0 bridgehead atoms. The van der Waals surface area contributed by atoms with E-state index in [0.29, 0.717) is 6.08 Å². The third-order valence-corrected chi connectivity index (χ3v) is 2.85. The van der Waals surface area contributed by atoms with E-state index in [1.165, 1.54) is 6.92 Å². The van der Waals surface area contributed by atoms with Crippen LogP contribution in [0.4, 0.5) is 0 Å². The van der Waals surface area contributed by atoms with Gasteiger partial charge in [0.05, 0.1) is 0 Å². The molecule has 5 nitrogen and oxygen atoms in total. The van der Waals surface area contributed by atoms with Crippen LogP contribution in [-0.4, -0.2) is 28.9 Å². The predicted molar refractivity (Wildman–Crippen MR) is 46.3 cm³/mol. The van der Waals surface area contributed by atoms with Crippen LogP contribution in [0.1, 0.15) is 6.92 Å². The molecule has 1 atom stereocenters. The van der Waals surface area contributed by atoms with Crippen LogP contribution in [0.25, 0.3) is 0 Å². The fourth-order valence-corrected chi connectivity index (χ4v) is 1.71. The summed E-state index contributed by atoms with van der Waals surface area (Å²) < 4.78 is 11.5. The van der Waals surface area contributed by atoms with Gasteiger partial charge in [-0.1, -0.05) is 0 Å². The molecule has 80 valence electrons. The summed E-state index contributed by atoms with van der Waals surface area (Å²) >= 11 is -0.998. The minimum atomic E-state index is -1.27. The average molecular weight is 333 g/mol. The number of carboxylic acid groups (broad SMARTS) is 1. The van der Waals surface area contributed by atoms with Crippen LogP contribution < -0.4 is 21.0 Å². The maximum atomic E-state index is 11.1. The standard InChI is InChI=1S/C7H8IO5S/c1-4(7(12)14-8)13-6(11)3-2-5(9)10/h2-4,8H,1H3,(H,9,10)/q-1/b3-2+/t4-/m0/s1/i8T. The van der Waals surface area contributed by atoms with Crippen molar-refractivity contribution < 1.29 is 45.2 Å². The third-order valence-electron chi connectivity index (χ3n) is 1.06. The van der Waals surface area contributed by atoms with Crippen LogP contribution in [-0.2, 0) is 19.1 Å². The molecule has 0 unspecified atom stereocenters. The zero-order valence-corrected chi connectivity index (χ0v) is 10.1. The van der Waals surface area contributed by atoms with E-state index in [0.717, 1.165) is 15.0 Å². The molecule has 0 saturated heterocycles. The Balaban J connectivity index is 4.06. The number of hydrogen-bond acceptors (Lipinski definition) is 5. The van der Waals surface area contributed by atoms with E-state index >= 15 is 0 Å². The number of carboxylic acids is 1. The van der Waals surface area contributed by atoms with Crippen molar-refractivity contribution >= 4 is 26.0 Å². The molecule has 14 heavy (non-hydrogen) atoms. The van der Waals surface area contributed by atoms with Gasteiger partial charge in [-0.05, 0) is 0 Å². The van der Waals surface area contributed by atoms with E-state index in [4.69, 9.17) is 5.70 Å². The summed E-state index contributed by atoms with van der Waals surface area (Å²) in [6.07, 6.45) is 0.405. The van der Waals surface area contributed by atoms with Crippen LogP contribution in [0, 0.1) is 0 Å². The van der Waals surface area contributed by atoms with Crippen LogP contribution in [0.2, 0.25) is 0 Å². The molecule has 0 aliphatic heterocycles. The number of rotatable bonds is 5. The van der Waals surface area contributed by atoms with Gasteiger partial charge in [-0.2, -0.15) is 0 Å². The van der Waals surface area contributed by atoms with Crippen molar-refractivity contribution in [3.8, 4) is 0 Å². The first-order valence-electron chi connectivity index (χ1n) is 3.79. The molecule has 0 amide bonds. The predicted octanol–water partition coefficient (Wildman–Crippen LogP) is -2.98. The van der Waals surface area contributed by atoms with E-state index < -0.39 is 44.2 Å². The quantitative estimate of drug-likeness (QED) is 0.329. The summed E-state index contributed by atoms with van der Waals surface area (Å²) in [7, 11) is 0.826. The molecule has 0 rings (SSSR count). The Labute approximate surface area is 96.9 Å². The zero-order valence-electron chi connectivity index (χ0n) is 8.10. The molecule has 0 aromatic carbocycles. The van der Waals surface area contributed by atoms with Gasteiger partial charge >= 0.3 is 97.0 Å². The van der Waals surface area contributed by atoms with Crippen molar-refractivity contribution in [1.29, 1.82) is 0.594 Å². The Morgan fingerprint density at radius 1 is 1.57 bits per heavy atom. The molecular formula is C7H8IO5S-. The van der Waals surface area contributed by atoms with Gasteiger partial charge in [-0.3, -0.25) is 0 Å². The third kappa shape index (κ3) is 5.97. The Morgan fingerprint density at radius 3 is 2.71 bits per heavy atom. The number of halogens is 1. The van der Waals surface area contributed by atoms with Crippen molar-refractivity contribution in [1.82, 2.24) is 0 Å². The first-order valence-corrected chi connectivity index (χ1v) is 6.77. The Kier molecular flexibility index (Phi) is 5.60. The summed E-state index contributed by atoms with van der Waals surface area (Å²) in [5, 5.41) is 7.81. The second-order valence-corrected chi connectivity index (χ2v) is 4.02. The molecule has 1 N–H and O–H groups in total. The normalized spacial score (nSPS) is 13.6. The summed E-state index contributed by atoms with van der Waals surface area (Å²) in [4.78, 5) is 32.0. The number of aliphatic carboxylic acids is 1. The first-order chi connectivity index (χ1) is 6.97. The van der Waals surface area contributed by atoms with Gasteiger partial charge in [-0.25, -0.2) is 0 Å². The molecule has 0 aliphatic rings. The van der Waals surface area contributed by atoms with Crippen molar-refractivity contribution in [2.24, 2.45) is 0 Å². The van der Waals surface area contributed by atoms with Crippen molar-refractivity contribution in [2.75, 3.05) is 0 Å². The number of hydrogen-bond donors (Lipinski definition) is 1. The Bertz CT molecular complexity index is 293. The second kappa shape index (κ2) is 6.82. The fraction of sp³-hybridized carbons (Fsp3) is 0.286. The van der Waals surface area contributed by atoms with E-state index in [2.05, 4.69) is 4.74 Å². The summed E-state index contributed by atoms with van der Waals surface area (Å²) in [6, 6.07) is 0.